The molecule has 1 amide bonds. The molecule has 2 N–H and O–H groups in total. The van der Waals surface area contributed by atoms with Crippen molar-refractivity contribution in [1.29, 1.82) is 0 Å². The number of hydrogen-bond acceptors (Lipinski definition) is 5. The minimum absolute atomic E-state index is 0.0194. The molecular formula is C19H9ClF2N2O3S2. The number of thiazole rings is 1. The molecule has 0 aliphatic rings. The van der Waals surface area contributed by atoms with E-state index in [-0.39, 0.29) is 37.2 Å². The average molecular weight is 451 g/mol. The van der Waals surface area contributed by atoms with E-state index in [9.17, 15) is 23.5 Å². The zero-order chi connectivity index (χ0) is 20.7. The highest BCUT2D eigenvalue weighted by Crippen LogP contribution is 2.38. The lowest BCUT2D eigenvalue weighted by molar-refractivity contribution is 0.0699. The number of benzene rings is 2. The standard InChI is InChI=1S/C19H9ClF2N2O3S2/c20-8-4-5-9(12(22)6-8)10-7-28-17(14(10)19(26)27)24-16(25)18-23-15-11(21)2-1-3-13(15)29-18/h1-7H,(H,24,25)(H,26,27). The van der Waals surface area contributed by atoms with Gasteiger partial charge in [-0.05, 0) is 30.3 Å². The summed E-state index contributed by atoms with van der Waals surface area (Å²) in [6.07, 6.45) is 0. The van der Waals surface area contributed by atoms with Crippen LogP contribution in [-0.2, 0) is 0 Å². The van der Waals surface area contributed by atoms with Crippen LogP contribution in [0.5, 0.6) is 0 Å². The average Bonchev–Trinajstić information content (AvgIpc) is 3.27. The van der Waals surface area contributed by atoms with Crippen molar-refractivity contribution in [3.05, 3.63) is 69.0 Å². The lowest BCUT2D eigenvalue weighted by atomic mass is 10.0. The first-order valence-electron chi connectivity index (χ1n) is 8.01. The Morgan fingerprint density at radius 2 is 1.90 bits per heavy atom. The van der Waals surface area contributed by atoms with E-state index in [0.29, 0.717) is 4.70 Å². The molecule has 0 spiro atoms. The Morgan fingerprint density at radius 3 is 2.59 bits per heavy atom. The van der Waals surface area contributed by atoms with Crippen LogP contribution in [0.25, 0.3) is 21.3 Å². The molecule has 2 aromatic heterocycles. The highest BCUT2D eigenvalue weighted by molar-refractivity contribution is 7.20. The molecule has 2 aromatic carbocycles. The van der Waals surface area contributed by atoms with Gasteiger partial charge in [0.05, 0.1) is 4.70 Å². The summed E-state index contributed by atoms with van der Waals surface area (Å²) in [7, 11) is 0. The van der Waals surface area contributed by atoms with Crippen LogP contribution in [-0.4, -0.2) is 22.0 Å². The molecule has 10 heteroatoms. The third-order valence-electron chi connectivity index (χ3n) is 4.02. The van der Waals surface area contributed by atoms with Crippen LogP contribution >= 0.6 is 34.3 Å². The number of hydrogen-bond donors (Lipinski definition) is 2. The number of nitrogens with one attached hydrogen (secondary N) is 1. The minimum atomic E-state index is -1.33. The number of carbonyl (C=O) groups is 2. The first-order chi connectivity index (χ1) is 13.8. The van der Waals surface area contributed by atoms with Gasteiger partial charge in [0.15, 0.2) is 5.01 Å². The van der Waals surface area contributed by atoms with E-state index in [1.807, 2.05) is 0 Å². The number of para-hydroxylation sites is 1. The largest absolute Gasteiger partial charge is 0.478 e. The zero-order valence-corrected chi connectivity index (χ0v) is 16.6. The number of halogens is 3. The smallest absolute Gasteiger partial charge is 0.339 e. The fourth-order valence-corrected chi connectivity index (χ4v) is 4.72. The van der Waals surface area contributed by atoms with Crippen molar-refractivity contribution >= 4 is 61.4 Å². The Labute approximate surface area is 175 Å². The number of thiophene rings is 1. The molecule has 4 rings (SSSR count). The number of fused-ring (bicyclic) bond motifs is 1. The van der Waals surface area contributed by atoms with Crippen LogP contribution in [0.1, 0.15) is 20.2 Å². The molecule has 5 nitrogen and oxygen atoms in total. The third kappa shape index (κ3) is 3.59. The molecule has 146 valence electrons. The molecular weight excluding hydrogens is 442 g/mol. The SMILES string of the molecule is O=C(Nc1scc(-c2ccc(Cl)cc2F)c1C(=O)O)c1nc2c(F)cccc2s1. The fourth-order valence-electron chi connectivity index (χ4n) is 2.74. The lowest BCUT2D eigenvalue weighted by Crippen LogP contribution is -2.13. The van der Waals surface area contributed by atoms with Crippen molar-refractivity contribution in [1.82, 2.24) is 4.98 Å². The summed E-state index contributed by atoms with van der Waals surface area (Å²) >= 11 is 7.67. The van der Waals surface area contributed by atoms with Crippen LogP contribution in [0.3, 0.4) is 0 Å². The van der Waals surface area contributed by atoms with Gasteiger partial charge in [-0.3, -0.25) is 4.79 Å². The van der Waals surface area contributed by atoms with Gasteiger partial charge >= 0.3 is 5.97 Å². The predicted octanol–water partition coefficient (Wildman–Crippen LogP) is 5.91. The zero-order valence-electron chi connectivity index (χ0n) is 14.2. The van der Waals surface area contributed by atoms with Crippen LogP contribution in [0, 0.1) is 11.6 Å². The number of aromatic nitrogens is 1. The molecule has 29 heavy (non-hydrogen) atoms. The molecule has 0 saturated heterocycles. The van der Waals surface area contributed by atoms with Crippen LogP contribution in [0.2, 0.25) is 5.02 Å². The molecule has 0 unspecified atom stereocenters. The number of aromatic carboxylic acids is 1. The fraction of sp³-hybridized carbons (Fsp3) is 0. The Bertz CT molecular complexity index is 1290. The van der Waals surface area contributed by atoms with Crippen LogP contribution in [0.15, 0.2) is 41.8 Å². The van der Waals surface area contributed by atoms with E-state index < -0.39 is 23.5 Å². The van der Waals surface area contributed by atoms with Gasteiger partial charge < -0.3 is 10.4 Å². The molecule has 0 fully saturated rings. The third-order valence-corrected chi connectivity index (χ3v) is 6.17. The lowest BCUT2D eigenvalue weighted by Gasteiger charge is -2.06. The van der Waals surface area contributed by atoms with Crippen LogP contribution < -0.4 is 5.32 Å². The van der Waals surface area contributed by atoms with Crippen molar-refractivity contribution in [2.45, 2.75) is 0 Å². The molecule has 0 aliphatic carbocycles. The summed E-state index contributed by atoms with van der Waals surface area (Å²) in [5.41, 5.74) is -0.0269. The van der Waals surface area contributed by atoms with Gasteiger partial charge in [-0.25, -0.2) is 18.6 Å². The van der Waals surface area contributed by atoms with Crippen molar-refractivity contribution < 1.29 is 23.5 Å². The van der Waals surface area contributed by atoms with Gasteiger partial charge in [-0.2, -0.15) is 0 Å². The molecule has 4 aromatic rings. The molecule has 0 saturated carbocycles. The van der Waals surface area contributed by atoms with Gasteiger partial charge in [0.1, 0.15) is 27.7 Å². The quantitative estimate of drug-likeness (QED) is 0.405. The summed E-state index contributed by atoms with van der Waals surface area (Å²) in [4.78, 5) is 28.4. The highest BCUT2D eigenvalue weighted by atomic mass is 35.5. The summed E-state index contributed by atoms with van der Waals surface area (Å²) in [6.45, 7) is 0. The molecule has 0 radical (unpaired) electrons. The van der Waals surface area contributed by atoms with E-state index in [4.69, 9.17) is 11.6 Å². The number of nitrogens with zero attached hydrogens (tertiary/aromatic N) is 1. The molecule has 0 atom stereocenters. The minimum Gasteiger partial charge on any atom is -0.478 e. The van der Waals surface area contributed by atoms with Gasteiger partial charge in [-0.1, -0.05) is 17.7 Å². The Morgan fingerprint density at radius 1 is 1.10 bits per heavy atom. The number of carboxylic acid groups (broad SMARTS) is 1. The second kappa shape index (κ2) is 7.51. The van der Waals surface area contributed by atoms with Crippen molar-refractivity contribution in [2.24, 2.45) is 0 Å². The number of amides is 1. The second-order valence-corrected chi connectivity index (χ2v) is 8.19. The molecule has 2 heterocycles. The maximum absolute atomic E-state index is 14.3. The number of rotatable bonds is 4. The number of anilines is 1. The maximum atomic E-state index is 14.3. The highest BCUT2D eigenvalue weighted by Gasteiger charge is 2.24. The Hall–Kier alpha value is -2.88. The summed E-state index contributed by atoms with van der Waals surface area (Å²) < 4.78 is 28.6. The number of carboxylic acids is 1. The van der Waals surface area contributed by atoms with E-state index in [2.05, 4.69) is 10.3 Å². The molecule has 0 aliphatic heterocycles. The molecule has 0 bridgehead atoms. The van der Waals surface area contributed by atoms with Crippen LogP contribution in [0.4, 0.5) is 13.8 Å². The first-order valence-corrected chi connectivity index (χ1v) is 10.1. The summed E-state index contributed by atoms with van der Waals surface area (Å²) in [5.74, 6) is -3.25. The summed E-state index contributed by atoms with van der Waals surface area (Å²) in [5, 5.41) is 13.7. The normalized spacial score (nSPS) is 11.0. The van der Waals surface area contributed by atoms with Gasteiger partial charge in [-0.15, -0.1) is 22.7 Å². The van der Waals surface area contributed by atoms with Crippen molar-refractivity contribution in [2.75, 3.05) is 5.32 Å². The van der Waals surface area contributed by atoms with Crippen molar-refractivity contribution in [3.8, 4) is 11.1 Å². The number of carbonyl (C=O) groups excluding carboxylic acids is 1. The van der Waals surface area contributed by atoms with Gasteiger partial charge in [0.25, 0.3) is 5.91 Å². The van der Waals surface area contributed by atoms with E-state index in [0.717, 1.165) is 28.7 Å². The summed E-state index contributed by atoms with van der Waals surface area (Å²) in [6, 6.07) is 8.26. The monoisotopic (exact) mass is 450 g/mol. The van der Waals surface area contributed by atoms with E-state index in [1.54, 1.807) is 6.07 Å². The van der Waals surface area contributed by atoms with Crippen molar-refractivity contribution in [3.63, 3.8) is 0 Å². The van der Waals surface area contributed by atoms with Gasteiger partial charge in [0.2, 0.25) is 0 Å². The Balaban J connectivity index is 1.71. The predicted molar refractivity (Wildman–Crippen MR) is 109 cm³/mol. The van der Waals surface area contributed by atoms with E-state index >= 15 is 0 Å². The first kappa shape index (κ1) is 19.4. The topological polar surface area (TPSA) is 79.3 Å². The van der Waals surface area contributed by atoms with Gasteiger partial charge in [0, 0.05) is 21.5 Å². The second-order valence-electron chi connectivity index (χ2n) is 5.84. The van der Waals surface area contributed by atoms with E-state index in [1.165, 1.54) is 29.6 Å². The Kier molecular flexibility index (Phi) is 5.03. The maximum Gasteiger partial charge on any atom is 0.339 e.